The number of amides is 1. The van der Waals surface area contributed by atoms with Gasteiger partial charge in [-0.2, -0.15) is 0 Å². The number of esters is 1. The minimum atomic E-state index is -0.535. The van der Waals surface area contributed by atoms with Gasteiger partial charge in [0, 0.05) is 30.9 Å². The summed E-state index contributed by atoms with van der Waals surface area (Å²) in [6.07, 6.45) is 5.48. The summed E-state index contributed by atoms with van der Waals surface area (Å²) in [5.74, 6) is -1.66. The maximum absolute atomic E-state index is 14.9. The third-order valence-electron chi connectivity index (χ3n) is 8.05. The summed E-state index contributed by atoms with van der Waals surface area (Å²) >= 11 is 0. The summed E-state index contributed by atoms with van der Waals surface area (Å²) in [6.45, 7) is 3.09. The Morgan fingerprint density at radius 3 is 2.51 bits per heavy atom. The molecule has 1 amide bonds. The van der Waals surface area contributed by atoms with Gasteiger partial charge in [-0.1, -0.05) is 37.1 Å². The Labute approximate surface area is 206 Å². The normalized spacial score (nSPS) is 26.4. The lowest BCUT2D eigenvalue weighted by Gasteiger charge is -2.47. The van der Waals surface area contributed by atoms with Gasteiger partial charge in [-0.15, -0.1) is 0 Å². The Bertz CT molecular complexity index is 1060. The van der Waals surface area contributed by atoms with Crippen LogP contribution >= 0.6 is 0 Å². The predicted octanol–water partition coefficient (Wildman–Crippen LogP) is 4.45. The van der Waals surface area contributed by atoms with E-state index in [9.17, 15) is 14.0 Å². The molecule has 3 fully saturated rings. The number of methoxy groups -OCH3 is 1. The van der Waals surface area contributed by atoms with Gasteiger partial charge in [0.15, 0.2) is 0 Å². The van der Waals surface area contributed by atoms with E-state index in [0.717, 1.165) is 17.8 Å². The fraction of sp³-hybridized carbons (Fsp3) is 0.500. The van der Waals surface area contributed by atoms with Crippen molar-refractivity contribution < 1.29 is 18.7 Å². The van der Waals surface area contributed by atoms with E-state index in [-0.39, 0.29) is 29.4 Å². The lowest BCUT2D eigenvalue weighted by atomic mass is 9.76. The lowest BCUT2D eigenvalue weighted by Crippen LogP contribution is -2.55. The van der Waals surface area contributed by atoms with Crippen LogP contribution in [0.1, 0.15) is 59.6 Å². The van der Waals surface area contributed by atoms with E-state index < -0.39 is 17.8 Å². The average molecular weight is 480 g/mol. The number of hydrogen-bond acceptors (Lipinski definition) is 5. The second-order valence-electron chi connectivity index (χ2n) is 10.2. The smallest absolute Gasteiger partial charge is 0.311 e. The third kappa shape index (κ3) is 4.54. The molecule has 3 aliphatic rings. The van der Waals surface area contributed by atoms with Crippen molar-refractivity contribution in [3.05, 3.63) is 65.0 Å². The van der Waals surface area contributed by atoms with Gasteiger partial charge < -0.3 is 20.3 Å². The molecule has 6 nitrogen and oxygen atoms in total. The predicted molar refractivity (Wildman–Crippen MR) is 133 cm³/mol. The van der Waals surface area contributed by atoms with Gasteiger partial charge in [0.2, 0.25) is 0 Å². The Balaban J connectivity index is 1.54. The van der Waals surface area contributed by atoms with E-state index in [0.29, 0.717) is 24.6 Å². The summed E-state index contributed by atoms with van der Waals surface area (Å²) in [6, 6.07) is 12.6. The highest BCUT2D eigenvalue weighted by Gasteiger charge is 2.50. The van der Waals surface area contributed by atoms with E-state index in [1.807, 2.05) is 24.3 Å². The van der Waals surface area contributed by atoms with Gasteiger partial charge in [-0.3, -0.25) is 9.59 Å². The fourth-order valence-corrected chi connectivity index (χ4v) is 6.30. The fourth-order valence-electron chi connectivity index (χ4n) is 6.30. The van der Waals surface area contributed by atoms with Gasteiger partial charge in [0.1, 0.15) is 5.82 Å². The highest BCUT2D eigenvalue weighted by molar-refractivity contribution is 5.97. The minimum absolute atomic E-state index is 0.0770. The Kier molecular flexibility index (Phi) is 6.78. The number of halogens is 1. The molecule has 1 aliphatic carbocycles. The molecule has 186 valence electrons. The van der Waals surface area contributed by atoms with Gasteiger partial charge >= 0.3 is 5.97 Å². The van der Waals surface area contributed by atoms with Crippen molar-refractivity contribution in [1.29, 1.82) is 0 Å². The number of benzene rings is 2. The summed E-state index contributed by atoms with van der Waals surface area (Å²) < 4.78 is 20.1. The second-order valence-corrected chi connectivity index (χ2v) is 10.2. The van der Waals surface area contributed by atoms with Crippen LogP contribution in [0.5, 0.6) is 0 Å². The lowest BCUT2D eigenvalue weighted by molar-refractivity contribution is -0.151. The molecular weight excluding hydrogens is 445 g/mol. The van der Waals surface area contributed by atoms with Crippen LogP contribution in [0.4, 0.5) is 10.1 Å². The first-order valence-corrected chi connectivity index (χ1v) is 12.7. The van der Waals surface area contributed by atoms with Crippen molar-refractivity contribution in [2.24, 2.45) is 11.8 Å². The van der Waals surface area contributed by atoms with E-state index in [1.165, 1.54) is 38.9 Å². The molecule has 2 aromatic rings. The number of carbonyl (C=O) groups is 2. The molecule has 2 saturated heterocycles. The average Bonchev–Trinajstić information content (AvgIpc) is 3.54. The molecule has 2 heterocycles. The molecule has 4 atom stereocenters. The van der Waals surface area contributed by atoms with Crippen molar-refractivity contribution in [2.75, 3.05) is 25.5 Å². The summed E-state index contributed by atoms with van der Waals surface area (Å²) in [7, 11) is 1.39. The number of ether oxygens (including phenoxy) is 1. The summed E-state index contributed by atoms with van der Waals surface area (Å²) in [5, 5.41) is 6.98. The monoisotopic (exact) mass is 479 g/mol. The highest BCUT2D eigenvalue weighted by atomic mass is 19.1. The molecule has 2 aromatic carbocycles. The van der Waals surface area contributed by atoms with E-state index in [1.54, 1.807) is 24.0 Å². The molecule has 0 bridgehead atoms. The molecule has 1 saturated carbocycles. The number of likely N-dealkylation sites (tertiary alicyclic amines) is 1. The molecule has 7 heteroatoms. The highest BCUT2D eigenvalue weighted by Crippen LogP contribution is 2.45. The van der Waals surface area contributed by atoms with Crippen molar-refractivity contribution in [3.8, 4) is 0 Å². The first-order chi connectivity index (χ1) is 17.0. The number of anilines is 1. The van der Waals surface area contributed by atoms with Crippen LogP contribution in [-0.4, -0.2) is 49.1 Å². The number of hydrogen-bond donors (Lipinski definition) is 2. The summed E-state index contributed by atoms with van der Waals surface area (Å²) in [5.41, 5.74) is 2.57. The number of nitrogens with one attached hydrogen (secondary N) is 2. The number of carbonyl (C=O) groups excluding carboxylic acids is 2. The maximum Gasteiger partial charge on any atom is 0.311 e. The molecule has 0 spiro atoms. The molecule has 2 N–H and O–H groups in total. The Hall–Kier alpha value is -2.93. The zero-order valence-corrected chi connectivity index (χ0v) is 20.4. The zero-order chi connectivity index (χ0) is 24.5. The SMILES string of the molecule is COC(=O)[C@H]1CC2CNC[C@H]2N(C(=O)c2c(C)cccc2F)[C@H]1c1ccc(NC2CCCC2)cc1. The largest absolute Gasteiger partial charge is 0.469 e. The second kappa shape index (κ2) is 9.97. The molecule has 35 heavy (non-hydrogen) atoms. The van der Waals surface area contributed by atoms with Crippen molar-refractivity contribution >= 4 is 17.6 Å². The van der Waals surface area contributed by atoms with Crippen molar-refractivity contribution in [1.82, 2.24) is 10.2 Å². The van der Waals surface area contributed by atoms with Gasteiger partial charge in [-0.25, -0.2) is 4.39 Å². The van der Waals surface area contributed by atoms with E-state index in [2.05, 4.69) is 10.6 Å². The molecule has 0 aromatic heterocycles. The molecule has 2 aliphatic heterocycles. The number of aryl methyl sites for hydroxylation is 1. The molecule has 0 radical (unpaired) electrons. The van der Waals surface area contributed by atoms with Crippen molar-refractivity contribution in [3.63, 3.8) is 0 Å². The Morgan fingerprint density at radius 2 is 1.83 bits per heavy atom. The minimum Gasteiger partial charge on any atom is -0.469 e. The number of piperidine rings is 1. The van der Waals surface area contributed by atoms with Crippen molar-refractivity contribution in [2.45, 2.75) is 57.2 Å². The zero-order valence-electron chi connectivity index (χ0n) is 20.4. The third-order valence-corrected chi connectivity index (χ3v) is 8.05. The van der Waals surface area contributed by atoms with Crippen LogP contribution < -0.4 is 10.6 Å². The number of rotatable bonds is 5. The van der Waals surface area contributed by atoms with Gasteiger partial charge in [-0.05, 0) is 61.4 Å². The summed E-state index contributed by atoms with van der Waals surface area (Å²) in [4.78, 5) is 28.8. The first-order valence-electron chi connectivity index (χ1n) is 12.7. The quantitative estimate of drug-likeness (QED) is 0.620. The Morgan fingerprint density at radius 1 is 1.09 bits per heavy atom. The van der Waals surface area contributed by atoms with Crippen LogP contribution in [0.15, 0.2) is 42.5 Å². The standard InChI is InChI=1S/C28H34FN3O3/c1-17-6-5-9-23(29)25(17)27(33)32-24-16-30-15-19(24)14-22(28(34)35-2)26(32)18-10-12-21(13-11-18)31-20-7-3-4-8-20/h5-6,9-13,19-20,22,24,26,30-31H,3-4,7-8,14-16H2,1-2H3/t19?,22-,24+,26-/m0/s1. The van der Waals surface area contributed by atoms with E-state index >= 15 is 0 Å². The van der Waals surface area contributed by atoms with Crippen LogP contribution in [0.2, 0.25) is 0 Å². The van der Waals surface area contributed by atoms with Crippen LogP contribution in [0.25, 0.3) is 0 Å². The van der Waals surface area contributed by atoms with Crippen LogP contribution in [0.3, 0.4) is 0 Å². The molecule has 5 rings (SSSR count). The van der Waals surface area contributed by atoms with Crippen LogP contribution in [-0.2, 0) is 9.53 Å². The van der Waals surface area contributed by atoms with Gasteiger partial charge in [0.05, 0.1) is 24.6 Å². The first kappa shape index (κ1) is 23.8. The molecular formula is C28H34FN3O3. The number of nitrogens with zero attached hydrogens (tertiary/aromatic N) is 1. The van der Waals surface area contributed by atoms with Crippen LogP contribution in [0, 0.1) is 24.6 Å². The number of fused-ring (bicyclic) bond motifs is 1. The van der Waals surface area contributed by atoms with Gasteiger partial charge in [0.25, 0.3) is 5.91 Å². The molecule has 1 unspecified atom stereocenters. The maximum atomic E-state index is 14.9. The van der Waals surface area contributed by atoms with E-state index in [4.69, 9.17) is 4.74 Å². The topological polar surface area (TPSA) is 70.7 Å².